The van der Waals surface area contributed by atoms with E-state index in [9.17, 15) is 4.79 Å². The predicted molar refractivity (Wildman–Crippen MR) is 83.1 cm³/mol. The highest BCUT2D eigenvalue weighted by molar-refractivity contribution is 7.80. The molecule has 104 valence electrons. The quantitative estimate of drug-likeness (QED) is 0.253. The van der Waals surface area contributed by atoms with Gasteiger partial charge in [0.25, 0.3) is 0 Å². The molecule has 0 aliphatic rings. The molecular formula is C13H20N4OS. The molecule has 0 aromatic heterocycles. The highest BCUT2D eigenvalue weighted by Crippen LogP contribution is 2.20. The van der Waals surface area contributed by atoms with Gasteiger partial charge in [0, 0.05) is 31.2 Å². The fourth-order valence-corrected chi connectivity index (χ4v) is 1.80. The largest absolute Gasteiger partial charge is 0.335 e. The van der Waals surface area contributed by atoms with Crippen molar-refractivity contribution in [3.8, 4) is 0 Å². The number of carbonyl (C=O) groups is 1. The first-order chi connectivity index (χ1) is 9.06. The van der Waals surface area contributed by atoms with E-state index < -0.39 is 0 Å². The Hall–Kier alpha value is -1.53. The Morgan fingerprint density at radius 2 is 2.32 bits per heavy atom. The number of aliphatic imine (C=N–C) groups is 1. The van der Waals surface area contributed by atoms with Gasteiger partial charge in [-0.15, -0.1) is 0 Å². The molecule has 0 unspecified atom stereocenters. The summed E-state index contributed by atoms with van der Waals surface area (Å²) in [6.07, 6.45) is 2.54. The Morgan fingerprint density at radius 3 is 2.95 bits per heavy atom. The average Bonchev–Trinajstić information content (AvgIpc) is 2.37. The van der Waals surface area contributed by atoms with Gasteiger partial charge >= 0.3 is 6.03 Å². The third-order valence-corrected chi connectivity index (χ3v) is 2.84. The molecule has 0 radical (unpaired) electrons. The normalized spacial score (nSPS) is 10.7. The zero-order valence-electron chi connectivity index (χ0n) is 11.3. The fourth-order valence-electron chi connectivity index (χ4n) is 1.68. The number of hydrazine groups is 1. The molecule has 6 heteroatoms. The molecule has 0 saturated heterocycles. The minimum absolute atomic E-state index is 0.342. The van der Waals surface area contributed by atoms with E-state index in [4.69, 9.17) is 5.84 Å². The molecule has 0 saturated carbocycles. The second-order valence-electron chi connectivity index (χ2n) is 4.16. The van der Waals surface area contributed by atoms with E-state index in [0.29, 0.717) is 12.3 Å². The van der Waals surface area contributed by atoms with Gasteiger partial charge in [0.1, 0.15) is 0 Å². The number of rotatable bonds is 5. The van der Waals surface area contributed by atoms with Gasteiger partial charge in [-0.2, -0.15) is 12.6 Å². The third kappa shape index (κ3) is 4.92. The van der Waals surface area contributed by atoms with E-state index in [1.165, 1.54) is 7.05 Å². The summed E-state index contributed by atoms with van der Waals surface area (Å²) in [5.74, 6) is 6.04. The number of anilines is 1. The number of nitrogens with zero attached hydrogens (tertiary/aromatic N) is 2. The summed E-state index contributed by atoms with van der Waals surface area (Å²) in [6, 6.07) is 5.44. The van der Waals surface area contributed by atoms with E-state index in [1.807, 2.05) is 25.1 Å². The van der Waals surface area contributed by atoms with Gasteiger partial charge in [0.2, 0.25) is 0 Å². The van der Waals surface area contributed by atoms with Crippen molar-refractivity contribution in [1.82, 2.24) is 5.01 Å². The number of hydrogen-bond donors (Lipinski definition) is 3. The number of aryl methyl sites for hydroxylation is 1. The van der Waals surface area contributed by atoms with E-state index in [2.05, 4.69) is 22.9 Å². The molecule has 0 aliphatic carbocycles. The Morgan fingerprint density at radius 1 is 1.58 bits per heavy atom. The molecule has 0 atom stereocenters. The maximum Gasteiger partial charge on any atom is 0.335 e. The topological polar surface area (TPSA) is 70.7 Å². The number of nitrogens with one attached hydrogen (secondary N) is 1. The lowest BCUT2D eigenvalue weighted by molar-refractivity contribution is 0.223. The van der Waals surface area contributed by atoms with Crippen molar-refractivity contribution in [2.45, 2.75) is 13.3 Å². The first kappa shape index (κ1) is 15.5. The third-order valence-electron chi connectivity index (χ3n) is 2.67. The van der Waals surface area contributed by atoms with Gasteiger partial charge < -0.3 is 5.32 Å². The summed E-state index contributed by atoms with van der Waals surface area (Å²) in [4.78, 5) is 15.8. The number of urea groups is 1. The molecule has 1 aromatic carbocycles. The molecule has 0 bridgehead atoms. The van der Waals surface area contributed by atoms with E-state index in [-0.39, 0.29) is 6.03 Å². The molecule has 5 nitrogen and oxygen atoms in total. The summed E-state index contributed by atoms with van der Waals surface area (Å²) in [6.45, 7) is 2.69. The van der Waals surface area contributed by atoms with Crippen LogP contribution in [0.15, 0.2) is 23.2 Å². The van der Waals surface area contributed by atoms with Crippen LogP contribution in [0.4, 0.5) is 10.5 Å². The van der Waals surface area contributed by atoms with Crippen molar-refractivity contribution in [2.75, 3.05) is 24.7 Å². The number of thiol groups is 1. The zero-order chi connectivity index (χ0) is 14.3. The highest BCUT2D eigenvalue weighted by Gasteiger charge is 2.10. The minimum atomic E-state index is -0.342. The average molecular weight is 280 g/mol. The van der Waals surface area contributed by atoms with Gasteiger partial charge in [0.05, 0.1) is 0 Å². The van der Waals surface area contributed by atoms with Crippen molar-refractivity contribution in [3.05, 3.63) is 29.3 Å². The molecule has 2 amide bonds. The lowest BCUT2D eigenvalue weighted by atomic mass is 10.0. The number of carbonyl (C=O) groups excluding carboxylic acids is 1. The standard InChI is InChI=1S/C13H20N4OS/c1-10-4-3-5-12(16-13(18)17(2)14)11(10)6-7-15-8-9-19/h3-5,8,19H,6-7,9,14H2,1-2H3,(H,16,18)/b15-8-. The van der Waals surface area contributed by atoms with E-state index in [1.54, 1.807) is 6.21 Å². The molecule has 0 aliphatic heterocycles. The summed E-state index contributed by atoms with van der Waals surface area (Å²) in [7, 11) is 1.50. The first-order valence-corrected chi connectivity index (χ1v) is 6.66. The Bertz CT molecular complexity index is 460. The highest BCUT2D eigenvalue weighted by atomic mass is 32.1. The van der Waals surface area contributed by atoms with Crippen LogP contribution in [0.1, 0.15) is 11.1 Å². The van der Waals surface area contributed by atoms with Crippen LogP contribution in [0.25, 0.3) is 0 Å². The van der Waals surface area contributed by atoms with Crippen molar-refractivity contribution in [1.29, 1.82) is 0 Å². The van der Waals surface area contributed by atoms with Gasteiger partial charge in [-0.3, -0.25) is 10.0 Å². The molecule has 0 fully saturated rings. The molecule has 19 heavy (non-hydrogen) atoms. The van der Waals surface area contributed by atoms with Crippen LogP contribution in [0.5, 0.6) is 0 Å². The van der Waals surface area contributed by atoms with Gasteiger partial charge in [-0.25, -0.2) is 10.6 Å². The molecule has 3 N–H and O–H groups in total. The lowest BCUT2D eigenvalue weighted by Crippen LogP contribution is -2.37. The zero-order valence-corrected chi connectivity index (χ0v) is 12.2. The molecule has 1 aromatic rings. The first-order valence-electron chi connectivity index (χ1n) is 6.03. The SMILES string of the molecule is Cc1cccc(NC(=O)N(C)N)c1CC/N=C\CS. The fraction of sp³-hybridized carbons (Fsp3) is 0.385. The number of amides is 2. The second kappa shape index (κ2) is 7.81. The van der Waals surface area contributed by atoms with Crippen LogP contribution < -0.4 is 11.2 Å². The smallest absolute Gasteiger partial charge is 0.306 e. The Kier molecular flexibility index (Phi) is 6.38. The monoisotopic (exact) mass is 280 g/mol. The van der Waals surface area contributed by atoms with Crippen molar-refractivity contribution in [3.63, 3.8) is 0 Å². The van der Waals surface area contributed by atoms with Gasteiger partial charge in [-0.1, -0.05) is 12.1 Å². The van der Waals surface area contributed by atoms with Crippen molar-refractivity contribution < 1.29 is 4.79 Å². The van der Waals surface area contributed by atoms with Gasteiger partial charge in [0.15, 0.2) is 0 Å². The summed E-state index contributed by atoms with van der Waals surface area (Å²) in [5, 5.41) is 3.81. The van der Waals surface area contributed by atoms with Crippen LogP contribution >= 0.6 is 12.6 Å². The van der Waals surface area contributed by atoms with Crippen LogP contribution in [0.3, 0.4) is 0 Å². The minimum Gasteiger partial charge on any atom is -0.306 e. The number of benzene rings is 1. The Labute approximate surface area is 119 Å². The van der Waals surface area contributed by atoms with E-state index >= 15 is 0 Å². The second-order valence-corrected chi connectivity index (χ2v) is 4.53. The maximum absolute atomic E-state index is 11.6. The van der Waals surface area contributed by atoms with Gasteiger partial charge in [-0.05, 0) is 30.5 Å². The molecular weight excluding hydrogens is 260 g/mol. The number of hydrogen-bond acceptors (Lipinski definition) is 4. The van der Waals surface area contributed by atoms with E-state index in [0.717, 1.165) is 28.2 Å². The van der Waals surface area contributed by atoms with Crippen molar-refractivity contribution in [2.24, 2.45) is 10.8 Å². The summed E-state index contributed by atoms with van der Waals surface area (Å²) in [5.41, 5.74) is 2.98. The summed E-state index contributed by atoms with van der Waals surface area (Å²) < 4.78 is 0. The van der Waals surface area contributed by atoms with Crippen molar-refractivity contribution >= 4 is 30.6 Å². The van der Waals surface area contributed by atoms with Crippen LogP contribution in [-0.4, -0.2) is 36.6 Å². The molecule has 0 spiro atoms. The van der Waals surface area contributed by atoms with Crippen LogP contribution in [0.2, 0.25) is 0 Å². The molecule has 1 rings (SSSR count). The van der Waals surface area contributed by atoms with Crippen LogP contribution in [0, 0.1) is 6.92 Å². The lowest BCUT2D eigenvalue weighted by Gasteiger charge is -2.16. The summed E-state index contributed by atoms with van der Waals surface area (Å²) >= 11 is 4.06. The molecule has 0 heterocycles. The predicted octanol–water partition coefficient (Wildman–Crippen LogP) is 1.88. The maximum atomic E-state index is 11.6. The van der Waals surface area contributed by atoms with Crippen LogP contribution in [-0.2, 0) is 6.42 Å². The number of nitrogens with two attached hydrogens (primary N) is 1. The Balaban J connectivity index is 2.83.